The van der Waals surface area contributed by atoms with Crippen LogP contribution in [-0.2, 0) is 0 Å². The fraction of sp³-hybridized carbons (Fsp3) is 0.200. The molecule has 0 bridgehead atoms. The first kappa shape index (κ1) is 15.9. The lowest BCUT2D eigenvalue weighted by molar-refractivity contribution is 0.0948. The number of rotatable bonds is 2. The van der Waals surface area contributed by atoms with Crippen molar-refractivity contribution in [1.29, 1.82) is 0 Å². The molecule has 0 saturated carbocycles. The second-order valence-electron chi connectivity index (χ2n) is 6.22. The minimum Gasteiger partial charge on any atom is -0.368 e. The van der Waals surface area contributed by atoms with E-state index in [0.717, 1.165) is 23.8 Å². The minimum absolute atomic E-state index is 0.0601. The topological polar surface area (TPSA) is 40.6 Å². The maximum atomic E-state index is 12.8. The zero-order valence-corrected chi connectivity index (χ0v) is 14.4. The molecular formula is C20H17ClN2O2. The van der Waals surface area contributed by atoms with E-state index in [1.807, 2.05) is 29.2 Å². The number of ketones is 2. The number of nitrogens with zero attached hydrogens (tertiary/aromatic N) is 2. The summed E-state index contributed by atoms with van der Waals surface area (Å²) in [6, 6.07) is 14.8. The maximum absolute atomic E-state index is 12.8. The van der Waals surface area contributed by atoms with Crippen molar-refractivity contribution < 1.29 is 9.59 Å². The fourth-order valence-corrected chi connectivity index (χ4v) is 3.52. The SMILES string of the molecule is O=C1C=C(N2CCN(c3ccc(Cl)cc3)CC2)C(=O)c2ccccc21. The molecule has 1 aliphatic carbocycles. The van der Waals surface area contributed by atoms with Crippen molar-refractivity contribution in [3.05, 3.63) is 76.5 Å². The Morgan fingerprint density at radius 1 is 0.760 bits per heavy atom. The quantitative estimate of drug-likeness (QED) is 0.830. The molecule has 1 fully saturated rings. The zero-order chi connectivity index (χ0) is 17.4. The van der Waals surface area contributed by atoms with Crippen molar-refractivity contribution in [2.24, 2.45) is 0 Å². The molecule has 25 heavy (non-hydrogen) atoms. The number of carbonyl (C=O) groups is 2. The van der Waals surface area contributed by atoms with E-state index in [-0.39, 0.29) is 11.6 Å². The molecule has 2 aliphatic rings. The highest BCUT2D eigenvalue weighted by Gasteiger charge is 2.30. The van der Waals surface area contributed by atoms with E-state index in [4.69, 9.17) is 11.6 Å². The summed E-state index contributed by atoms with van der Waals surface area (Å²) in [5.74, 6) is -0.152. The number of anilines is 1. The first-order chi connectivity index (χ1) is 12.1. The predicted molar refractivity (Wildman–Crippen MR) is 98.4 cm³/mol. The Hall–Kier alpha value is -2.59. The van der Waals surface area contributed by atoms with Crippen LogP contribution in [-0.4, -0.2) is 42.6 Å². The van der Waals surface area contributed by atoms with Gasteiger partial charge in [-0.1, -0.05) is 35.9 Å². The van der Waals surface area contributed by atoms with Crippen molar-refractivity contribution in [1.82, 2.24) is 4.90 Å². The molecule has 4 rings (SSSR count). The highest BCUT2D eigenvalue weighted by Crippen LogP contribution is 2.26. The molecule has 2 aromatic rings. The molecule has 5 heteroatoms. The van der Waals surface area contributed by atoms with Crippen LogP contribution in [0.25, 0.3) is 0 Å². The summed E-state index contributed by atoms with van der Waals surface area (Å²) in [5, 5.41) is 0.720. The summed E-state index contributed by atoms with van der Waals surface area (Å²) in [6.07, 6.45) is 1.49. The largest absolute Gasteiger partial charge is 0.368 e. The predicted octanol–water partition coefficient (Wildman–Crippen LogP) is 3.43. The van der Waals surface area contributed by atoms with E-state index in [1.54, 1.807) is 24.3 Å². The van der Waals surface area contributed by atoms with Crippen LogP contribution in [0.2, 0.25) is 5.02 Å². The summed E-state index contributed by atoms with van der Waals surface area (Å²) in [6.45, 7) is 3.00. The van der Waals surface area contributed by atoms with Crippen molar-refractivity contribution >= 4 is 28.9 Å². The number of hydrogen-bond acceptors (Lipinski definition) is 4. The van der Waals surface area contributed by atoms with Gasteiger partial charge in [0, 0.05) is 54.1 Å². The van der Waals surface area contributed by atoms with Crippen molar-refractivity contribution in [3.8, 4) is 0 Å². The standard InChI is InChI=1S/C20H17ClN2O2/c21-14-5-7-15(8-6-14)22-9-11-23(12-10-22)18-13-19(24)16-3-1-2-4-17(16)20(18)25/h1-8,13H,9-12H2. The Labute approximate surface area is 151 Å². The summed E-state index contributed by atoms with van der Waals surface area (Å²) >= 11 is 5.94. The van der Waals surface area contributed by atoms with E-state index in [9.17, 15) is 9.59 Å². The van der Waals surface area contributed by atoms with Crippen LogP contribution in [0.15, 0.2) is 60.3 Å². The van der Waals surface area contributed by atoms with Gasteiger partial charge in [0.25, 0.3) is 0 Å². The smallest absolute Gasteiger partial charge is 0.209 e. The fourth-order valence-electron chi connectivity index (χ4n) is 3.39. The van der Waals surface area contributed by atoms with E-state index in [1.165, 1.54) is 6.08 Å². The van der Waals surface area contributed by atoms with E-state index >= 15 is 0 Å². The maximum Gasteiger partial charge on any atom is 0.209 e. The summed E-state index contributed by atoms with van der Waals surface area (Å²) in [5.41, 5.74) is 2.63. The van der Waals surface area contributed by atoms with Gasteiger partial charge in [0.15, 0.2) is 5.78 Å². The van der Waals surface area contributed by atoms with Gasteiger partial charge in [-0.05, 0) is 24.3 Å². The highest BCUT2D eigenvalue weighted by atomic mass is 35.5. The van der Waals surface area contributed by atoms with Gasteiger partial charge in [-0.15, -0.1) is 0 Å². The molecule has 1 saturated heterocycles. The third kappa shape index (κ3) is 2.94. The lowest BCUT2D eigenvalue weighted by Gasteiger charge is -2.38. The number of Topliss-reactive ketones (excluding diaryl/α,β-unsaturated/α-hetero) is 1. The van der Waals surface area contributed by atoms with Gasteiger partial charge in [0.05, 0.1) is 5.70 Å². The second-order valence-corrected chi connectivity index (χ2v) is 6.66. The first-order valence-corrected chi connectivity index (χ1v) is 8.66. The molecule has 0 aromatic heterocycles. The van der Waals surface area contributed by atoms with Crippen LogP contribution >= 0.6 is 11.6 Å². The molecule has 0 unspecified atom stereocenters. The van der Waals surface area contributed by atoms with Gasteiger partial charge in [0.2, 0.25) is 5.78 Å². The molecule has 1 heterocycles. The monoisotopic (exact) mass is 352 g/mol. The molecule has 0 spiro atoms. The van der Waals surface area contributed by atoms with Crippen molar-refractivity contribution in [2.75, 3.05) is 31.1 Å². The van der Waals surface area contributed by atoms with Gasteiger partial charge >= 0.3 is 0 Å². The van der Waals surface area contributed by atoms with Crippen molar-refractivity contribution in [3.63, 3.8) is 0 Å². The van der Waals surface area contributed by atoms with Crippen LogP contribution in [0.1, 0.15) is 20.7 Å². The number of carbonyl (C=O) groups excluding carboxylic acids is 2. The Balaban J connectivity index is 1.50. The molecule has 0 atom stereocenters. The Morgan fingerprint density at radius 3 is 2.04 bits per heavy atom. The third-order valence-electron chi connectivity index (χ3n) is 4.75. The highest BCUT2D eigenvalue weighted by molar-refractivity contribution is 6.30. The third-order valence-corrected chi connectivity index (χ3v) is 5.00. The summed E-state index contributed by atoms with van der Waals surface area (Å²) in [7, 11) is 0. The molecule has 126 valence electrons. The average Bonchev–Trinajstić information content (AvgIpc) is 2.66. The van der Waals surface area contributed by atoms with E-state index in [2.05, 4.69) is 4.90 Å². The summed E-state index contributed by atoms with van der Waals surface area (Å²) < 4.78 is 0. The van der Waals surface area contributed by atoms with Crippen molar-refractivity contribution in [2.45, 2.75) is 0 Å². The average molecular weight is 353 g/mol. The molecule has 1 aliphatic heterocycles. The Morgan fingerprint density at radius 2 is 1.36 bits per heavy atom. The van der Waals surface area contributed by atoms with Gasteiger partial charge in [0.1, 0.15) is 0 Å². The van der Waals surface area contributed by atoms with Gasteiger partial charge in [-0.2, -0.15) is 0 Å². The number of benzene rings is 2. The number of hydrogen-bond donors (Lipinski definition) is 0. The molecule has 0 radical (unpaired) electrons. The van der Waals surface area contributed by atoms with Crippen LogP contribution < -0.4 is 4.90 Å². The van der Waals surface area contributed by atoms with E-state index in [0.29, 0.717) is 29.9 Å². The Kier molecular flexibility index (Phi) is 4.06. The molecular weight excluding hydrogens is 336 g/mol. The summed E-state index contributed by atoms with van der Waals surface area (Å²) in [4.78, 5) is 29.4. The first-order valence-electron chi connectivity index (χ1n) is 8.29. The Bertz CT molecular complexity index is 866. The molecule has 0 N–H and O–H groups in total. The lowest BCUT2D eigenvalue weighted by atomic mass is 9.92. The number of halogens is 1. The van der Waals surface area contributed by atoms with Crippen LogP contribution in [0.3, 0.4) is 0 Å². The van der Waals surface area contributed by atoms with Gasteiger partial charge < -0.3 is 9.80 Å². The van der Waals surface area contributed by atoms with Crippen LogP contribution in [0, 0.1) is 0 Å². The van der Waals surface area contributed by atoms with E-state index < -0.39 is 0 Å². The lowest BCUT2D eigenvalue weighted by Crippen LogP contribution is -2.47. The number of allylic oxidation sites excluding steroid dienone is 2. The minimum atomic E-state index is -0.0923. The van der Waals surface area contributed by atoms with Crippen LogP contribution in [0.4, 0.5) is 5.69 Å². The normalized spacial score (nSPS) is 17.4. The number of fused-ring (bicyclic) bond motifs is 1. The second kappa shape index (κ2) is 6.37. The molecule has 2 aromatic carbocycles. The van der Waals surface area contributed by atoms with Gasteiger partial charge in [-0.3, -0.25) is 9.59 Å². The van der Waals surface area contributed by atoms with Gasteiger partial charge in [-0.25, -0.2) is 0 Å². The van der Waals surface area contributed by atoms with Crippen LogP contribution in [0.5, 0.6) is 0 Å². The molecule has 4 nitrogen and oxygen atoms in total. The number of piperazine rings is 1. The zero-order valence-electron chi connectivity index (χ0n) is 13.6. The molecule has 0 amide bonds.